The van der Waals surface area contributed by atoms with Crippen LogP contribution in [0, 0.1) is 6.92 Å². The van der Waals surface area contributed by atoms with Gasteiger partial charge in [-0.1, -0.05) is 60.2 Å². The van der Waals surface area contributed by atoms with E-state index in [2.05, 4.69) is 43.3 Å². The van der Waals surface area contributed by atoms with Crippen LogP contribution in [0.4, 0.5) is 0 Å². The molecule has 2 atom stereocenters. The van der Waals surface area contributed by atoms with Crippen LogP contribution in [0.15, 0.2) is 54.6 Å². The van der Waals surface area contributed by atoms with Gasteiger partial charge in [0.1, 0.15) is 12.2 Å². The predicted molar refractivity (Wildman–Crippen MR) is 75.2 cm³/mol. The smallest absolute Gasteiger partial charge is 0.108 e. The number of aryl methyl sites for hydroxylation is 1. The van der Waals surface area contributed by atoms with Crippen molar-refractivity contribution in [2.75, 3.05) is 13.2 Å². The van der Waals surface area contributed by atoms with Gasteiger partial charge in [-0.2, -0.15) is 0 Å². The lowest BCUT2D eigenvalue weighted by atomic mass is 10.0. The molecular weight excluding hydrogens is 236 g/mol. The van der Waals surface area contributed by atoms with Crippen molar-refractivity contribution in [1.82, 2.24) is 0 Å². The third-order valence-electron chi connectivity index (χ3n) is 3.33. The Bertz CT molecular complexity index is 515. The highest BCUT2D eigenvalue weighted by atomic mass is 16.6. The van der Waals surface area contributed by atoms with E-state index in [9.17, 15) is 0 Å². The van der Waals surface area contributed by atoms with Crippen LogP contribution >= 0.6 is 0 Å². The molecule has 1 fully saturated rings. The first-order chi connectivity index (χ1) is 9.33. The summed E-state index contributed by atoms with van der Waals surface area (Å²) in [5.74, 6) is 0. The zero-order chi connectivity index (χ0) is 13.1. The quantitative estimate of drug-likeness (QED) is 0.762. The fourth-order valence-electron chi connectivity index (χ4n) is 2.12. The summed E-state index contributed by atoms with van der Waals surface area (Å²) in [5, 5.41) is 0. The van der Waals surface area contributed by atoms with Gasteiger partial charge in [0, 0.05) is 0 Å². The molecule has 1 aliphatic rings. The standard InChI is InChI=1S/C17H18O2/c1-13-7-9-15(10-8-13)17(19-12-16-11-18-16)14-5-3-2-4-6-14/h2-10,16-17H,11-12H2,1H3. The van der Waals surface area contributed by atoms with Crippen molar-refractivity contribution in [3.8, 4) is 0 Å². The molecule has 2 heteroatoms. The number of hydrogen-bond donors (Lipinski definition) is 0. The van der Waals surface area contributed by atoms with E-state index in [-0.39, 0.29) is 12.2 Å². The molecule has 1 saturated heterocycles. The van der Waals surface area contributed by atoms with E-state index in [1.807, 2.05) is 18.2 Å². The zero-order valence-electron chi connectivity index (χ0n) is 11.1. The number of rotatable bonds is 5. The lowest BCUT2D eigenvalue weighted by Crippen LogP contribution is -2.10. The van der Waals surface area contributed by atoms with Gasteiger partial charge in [0.15, 0.2) is 0 Å². The Morgan fingerprint density at radius 2 is 1.68 bits per heavy atom. The molecule has 0 radical (unpaired) electrons. The minimum absolute atomic E-state index is 0.00833. The molecule has 0 spiro atoms. The number of hydrogen-bond acceptors (Lipinski definition) is 2. The van der Waals surface area contributed by atoms with E-state index in [0.717, 1.165) is 6.61 Å². The number of ether oxygens (including phenoxy) is 2. The minimum atomic E-state index is -0.00833. The zero-order valence-corrected chi connectivity index (χ0v) is 11.1. The summed E-state index contributed by atoms with van der Waals surface area (Å²) in [4.78, 5) is 0. The van der Waals surface area contributed by atoms with Gasteiger partial charge in [-0.05, 0) is 18.1 Å². The molecule has 0 saturated carbocycles. The summed E-state index contributed by atoms with van der Waals surface area (Å²) in [7, 11) is 0. The summed E-state index contributed by atoms with van der Waals surface area (Å²) in [6.07, 6.45) is 0.280. The van der Waals surface area contributed by atoms with Crippen LogP contribution in [0.2, 0.25) is 0 Å². The van der Waals surface area contributed by atoms with Crippen molar-refractivity contribution >= 4 is 0 Å². The first-order valence-electron chi connectivity index (χ1n) is 6.67. The maximum atomic E-state index is 6.05. The Balaban J connectivity index is 1.84. The van der Waals surface area contributed by atoms with Crippen LogP contribution in [-0.4, -0.2) is 19.3 Å². The molecular formula is C17H18O2. The molecule has 19 heavy (non-hydrogen) atoms. The van der Waals surface area contributed by atoms with Gasteiger partial charge in [-0.15, -0.1) is 0 Å². The molecule has 1 heterocycles. The van der Waals surface area contributed by atoms with Gasteiger partial charge in [0.25, 0.3) is 0 Å². The molecule has 2 aromatic rings. The van der Waals surface area contributed by atoms with Gasteiger partial charge < -0.3 is 9.47 Å². The van der Waals surface area contributed by atoms with Gasteiger partial charge >= 0.3 is 0 Å². The molecule has 0 aliphatic carbocycles. The summed E-state index contributed by atoms with van der Waals surface area (Å²) >= 11 is 0. The van der Waals surface area contributed by atoms with E-state index in [1.165, 1.54) is 16.7 Å². The first kappa shape index (κ1) is 12.4. The molecule has 2 unspecified atom stereocenters. The molecule has 1 aliphatic heterocycles. The lowest BCUT2D eigenvalue weighted by molar-refractivity contribution is 0.0672. The van der Waals surface area contributed by atoms with E-state index in [0.29, 0.717) is 6.61 Å². The summed E-state index contributed by atoms with van der Waals surface area (Å²) in [5.41, 5.74) is 3.64. The van der Waals surface area contributed by atoms with E-state index in [1.54, 1.807) is 0 Å². The highest BCUT2D eigenvalue weighted by Gasteiger charge is 2.25. The fourth-order valence-corrected chi connectivity index (χ4v) is 2.12. The molecule has 0 amide bonds. The monoisotopic (exact) mass is 254 g/mol. The Morgan fingerprint density at radius 1 is 1.05 bits per heavy atom. The Labute approximate surface area is 114 Å². The second-order valence-electron chi connectivity index (χ2n) is 4.99. The highest BCUT2D eigenvalue weighted by molar-refractivity contribution is 5.31. The van der Waals surface area contributed by atoms with Crippen LogP contribution in [-0.2, 0) is 9.47 Å². The van der Waals surface area contributed by atoms with Crippen molar-refractivity contribution in [1.29, 1.82) is 0 Å². The Morgan fingerprint density at radius 3 is 2.32 bits per heavy atom. The maximum Gasteiger partial charge on any atom is 0.108 e. The highest BCUT2D eigenvalue weighted by Crippen LogP contribution is 2.27. The van der Waals surface area contributed by atoms with Crippen LogP contribution in [0.25, 0.3) is 0 Å². The Hall–Kier alpha value is -1.64. The van der Waals surface area contributed by atoms with Crippen LogP contribution < -0.4 is 0 Å². The summed E-state index contributed by atoms with van der Waals surface area (Å²) in [6, 6.07) is 18.9. The molecule has 3 rings (SSSR count). The minimum Gasteiger partial charge on any atom is -0.371 e. The second kappa shape index (κ2) is 5.55. The Kier molecular flexibility index (Phi) is 3.62. The summed E-state index contributed by atoms with van der Waals surface area (Å²) < 4.78 is 11.3. The van der Waals surface area contributed by atoms with E-state index < -0.39 is 0 Å². The third kappa shape index (κ3) is 3.22. The van der Waals surface area contributed by atoms with Gasteiger partial charge in [-0.25, -0.2) is 0 Å². The van der Waals surface area contributed by atoms with Gasteiger partial charge in [0.2, 0.25) is 0 Å². The second-order valence-corrected chi connectivity index (χ2v) is 4.99. The lowest BCUT2D eigenvalue weighted by Gasteiger charge is -2.18. The normalized spacial score (nSPS) is 19.1. The average Bonchev–Trinajstić information content (AvgIpc) is 3.26. The molecule has 2 nitrogen and oxygen atoms in total. The van der Waals surface area contributed by atoms with E-state index >= 15 is 0 Å². The molecule has 0 bridgehead atoms. The molecule has 0 aromatic heterocycles. The molecule has 2 aromatic carbocycles. The van der Waals surface area contributed by atoms with Crippen molar-refractivity contribution in [2.45, 2.75) is 19.1 Å². The number of epoxide rings is 1. The van der Waals surface area contributed by atoms with E-state index in [4.69, 9.17) is 9.47 Å². The van der Waals surface area contributed by atoms with Crippen molar-refractivity contribution in [3.05, 3.63) is 71.3 Å². The molecule has 0 N–H and O–H groups in total. The van der Waals surface area contributed by atoms with Crippen molar-refractivity contribution in [2.24, 2.45) is 0 Å². The fraction of sp³-hybridized carbons (Fsp3) is 0.294. The van der Waals surface area contributed by atoms with Crippen LogP contribution in [0.5, 0.6) is 0 Å². The topological polar surface area (TPSA) is 21.8 Å². The third-order valence-corrected chi connectivity index (χ3v) is 3.33. The first-order valence-corrected chi connectivity index (χ1v) is 6.67. The average molecular weight is 254 g/mol. The van der Waals surface area contributed by atoms with Gasteiger partial charge in [-0.3, -0.25) is 0 Å². The maximum absolute atomic E-state index is 6.05. The van der Waals surface area contributed by atoms with Crippen molar-refractivity contribution < 1.29 is 9.47 Å². The largest absolute Gasteiger partial charge is 0.371 e. The molecule has 98 valence electrons. The summed E-state index contributed by atoms with van der Waals surface area (Å²) in [6.45, 7) is 3.59. The van der Waals surface area contributed by atoms with Gasteiger partial charge in [0.05, 0.1) is 13.2 Å². The van der Waals surface area contributed by atoms with Crippen LogP contribution in [0.3, 0.4) is 0 Å². The predicted octanol–water partition coefficient (Wildman–Crippen LogP) is 3.50. The SMILES string of the molecule is Cc1ccc(C(OCC2CO2)c2ccccc2)cc1. The van der Waals surface area contributed by atoms with Crippen LogP contribution in [0.1, 0.15) is 22.8 Å². The number of benzene rings is 2. The van der Waals surface area contributed by atoms with Crippen molar-refractivity contribution in [3.63, 3.8) is 0 Å².